The fourth-order valence-electron chi connectivity index (χ4n) is 1.25. The van der Waals surface area contributed by atoms with Crippen molar-refractivity contribution in [2.45, 2.75) is 32.5 Å². The van der Waals surface area contributed by atoms with Crippen LogP contribution in [0.2, 0.25) is 0 Å². The van der Waals surface area contributed by atoms with Gasteiger partial charge in [0.25, 0.3) is 0 Å². The zero-order valence-corrected chi connectivity index (χ0v) is 10.4. The molecule has 0 heterocycles. The second-order valence-corrected chi connectivity index (χ2v) is 4.37. The monoisotopic (exact) mass is 270 g/mol. The third-order valence-corrected chi connectivity index (χ3v) is 2.27. The summed E-state index contributed by atoms with van der Waals surface area (Å²) in [6, 6.07) is -1.64. The van der Waals surface area contributed by atoms with Crippen molar-refractivity contribution in [2.75, 3.05) is 13.6 Å². The van der Waals surface area contributed by atoms with Crippen LogP contribution in [0, 0.1) is 5.92 Å². The van der Waals surface area contributed by atoms with Gasteiger partial charge in [0.1, 0.15) is 6.54 Å². The van der Waals surface area contributed by atoms with E-state index in [9.17, 15) is 22.8 Å². The first-order valence-corrected chi connectivity index (χ1v) is 5.33. The standard InChI is InChI=1S/C10H17F3N2O3/c1-6(2)7(4-8(16)17)14-9(18)15(3)5-10(11,12)13/h6-7H,4-5H2,1-3H3,(H,14,18)(H,16,17). The predicted molar refractivity (Wildman–Crippen MR) is 58.1 cm³/mol. The molecule has 0 aromatic carbocycles. The SMILES string of the molecule is CC(C)C(CC(=O)O)NC(=O)N(C)CC(F)(F)F. The van der Waals surface area contributed by atoms with E-state index in [2.05, 4.69) is 5.32 Å². The Balaban J connectivity index is 4.46. The molecule has 2 amide bonds. The lowest BCUT2D eigenvalue weighted by molar-refractivity contribution is -0.139. The summed E-state index contributed by atoms with van der Waals surface area (Å²) in [5, 5.41) is 10.9. The van der Waals surface area contributed by atoms with E-state index >= 15 is 0 Å². The third kappa shape index (κ3) is 6.97. The van der Waals surface area contributed by atoms with Crippen molar-refractivity contribution in [1.82, 2.24) is 10.2 Å². The Hall–Kier alpha value is -1.47. The highest BCUT2D eigenvalue weighted by atomic mass is 19.4. The van der Waals surface area contributed by atoms with Crippen LogP contribution in [0.4, 0.5) is 18.0 Å². The molecule has 0 aromatic rings. The Kier molecular flexibility index (Phi) is 5.93. The van der Waals surface area contributed by atoms with Gasteiger partial charge < -0.3 is 15.3 Å². The Labute approximate surface area is 103 Å². The zero-order chi connectivity index (χ0) is 14.5. The van der Waals surface area contributed by atoms with Gasteiger partial charge in [-0.15, -0.1) is 0 Å². The number of alkyl halides is 3. The Morgan fingerprint density at radius 1 is 1.33 bits per heavy atom. The van der Waals surface area contributed by atoms with Crippen LogP contribution in [0.25, 0.3) is 0 Å². The normalized spacial score (nSPS) is 13.3. The van der Waals surface area contributed by atoms with E-state index in [0.29, 0.717) is 4.90 Å². The molecule has 0 rings (SSSR count). The maximum absolute atomic E-state index is 12.1. The number of amides is 2. The summed E-state index contributed by atoms with van der Waals surface area (Å²) in [5.41, 5.74) is 0. The number of nitrogens with one attached hydrogen (secondary N) is 1. The average Bonchev–Trinajstić information content (AvgIpc) is 2.12. The molecule has 0 aromatic heterocycles. The van der Waals surface area contributed by atoms with Gasteiger partial charge in [-0.25, -0.2) is 4.79 Å². The van der Waals surface area contributed by atoms with E-state index in [1.165, 1.54) is 0 Å². The number of nitrogens with zero attached hydrogens (tertiary/aromatic N) is 1. The lowest BCUT2D eigenvalue weighted by atomic mass is 10.0. The van der Waals surface area contributed by atoms with Crippen molar-refractivity contribution in [3.63, 3.8) is 0 Å². The number of carbonyl (C=O) groups is 2. The third-order valence-electron chi connectivity index (χ3n) is 2.27. The highest BCUT2D eigenvalue weighted by Gasteiger charge is 2.32. The van der Waals surface area contributed by atoms with Crippen molar-refractivity contribution in [3.05, 3.63) is 0 Å². The van der Waals surface area contributed by atoms with Gasteiger partial charge in [-0.3, -0.25) is 4.79 Å². The molecule has 0 saturated carbocycles. The number of halogens is 3. The summed E-state index contributed by atoms with van der Waals surface area (Å²) in [5.74, 6) is -1.31. The molecule has 0 bridgehead atoms. The molecular formula is C10H17F3N2O3. The van der Waals surface area contributed by atoms with E-state index in [1.807, 2.05) is 0 Å². The molecule has 0 fully saturated rings. The van der Waals surface area contributed by atoms with E-state index in [1.54, 1.807) is 13.8 Å². The quantitative estimate of drug-likeness (QED) is 0.798. The van der Waals surface area contributed by atoms with Gasteiger partial charge in [-0.05, 0) is 5.92 Å². The van der Waals surface area contributed by atoms with Crippen molar-refractivity contribution < 1.29 is 27.9 Å². The summed E-state index contributed by atoms with van der Waals surface area (Å²) < 4.78 is 36.2. The number of aliphatic carboxylic acids is 1. The number of hydrogen-bond donors (Lipinski definition) is 2. The van der Waals surface area contributed by atoms with Gasteiger partial charge in [0.05, 0.1) is 6.42 Å². The van der Waals surface area contributed by atoms with Gasteiger partial charge in [0.2, 0.25) is 0 Å². The lowest BCUT2D eigenvalue weighted by Crippen LogP contribution is -2.48. The van der Waals surface area contributed by atoms with Crippen molar-refractivity contribution in [3.8, 4) is 0 Å². The average molecular weight is 270 g/mol. The topological polar surface area (TPSA) is 69.6 Å². The fourth-order valence-corrected chi connectivity index (χ4v) is 1.25. The van der Waals surface area contributed by atoms with E-state index in [4.69, 9.17) is 5.11 Å². The minimum Gasteiger partial charge on any atom is -0.481 e. The van der Waals surface area contributed by atoms with E-state index in [-0.39, 0.29) is 12.3 Å². The molecule has 106 valence electrons. The summed E-state index contributed by atoms with van der Waals surface area (Å²) >= 11 is 0. The first-order valence-electron chi connectivity index (χ1n) is 5.33. The number of urea groups is 1. The zero-order valence-electron chi connectivity index (χ0n) is 10.4. The number of carbonyl (C=O) groups excluding carboxylic acids is 1. The number of carboxylic acid groups (broad SMARTS) is 1. The highest BCUT2D eigenvalue weighted by Crippen LogP contribution is 2.16. The van der Waals surface area contributed by atoms with Crippen LogP contribution < -0.4 is 5.32 Å². The number of hydrogen-bond acceptors (Lipinski definition) is 2. The number of carboxylic acids is 1. The smallest absolute Gasteiger partial charge is 0.406 e. The predicted octanol–water partition coefficient (Wildman–Crippen LogP) is 1.69. The van der Waals surface area contributed by atoms with Gasteiger partial charge in [0, 0.05) is 13.1 Å². The van der Waals surface area contributed by atoms with Crippen LogP contribution >= 0.6 is 0 Å². The van der Waals surface area contributed by atoms with Crippen LogP contribution in [-0.2, 0) is 4.79 Å². The highest BCUT2D eigenvalue weighted by molar-refractivity contribution is 5.75. The van der Waals surface area contributed by atoms with Gasteiger partial charge in [0.15, 0.2) is 0 Å². The van der Waals surface area contributed by atoms with Gasteiger partial charge in [-0.1, -0.05) is 13.8 Å². The molecule has 18 heavy (non-hydrogen) atoms. The van der Waals surface area contributed by atoms with Gasteiger partial charge >= 0.3 is 18.2 Å². The summed E-state index contributed by atoms with van der Waals surface area (Å²) in [7, 11) is 1.00. The molecule has 0 aliphatic carbocycles. The molecule has 0 aliphatic rings. The maximum atomic E-state index is 12.1. The fraction of sp³-hybridized carbons (Fsp3) is 0.800. The Morgan fingerprint density at radius 2 is 1.83 bits per heavy atom. The molecule has 5 nitrogen and oxygen atoms in total. The van der Waals surface area contributed by atoms with Crippen LogP contribution in [0.15, 0.2) is 0 Å². The molecule has 2 N–H and O–H groups in total. The molecule has 0 aliphatic heterocycles. The first kappa shape index (κ1) is 16.5. The molecular weight excluding hydrogens is 253 g/mol. The molecule has 0 radical (unpaired) electrons. The number of rotatable bonds is 5. The Bertz CT molecular complexity index is 305. The molecule has 0 saturated heterocycles. The molecule has 0 spiro atoms. The lowest BCUT2D eigenvalue weighted by Gasteiger charge is -2.25. The largest absolute Gasteiger partial charge is 0.481 e. The summed E-state index contributed by atoms with van der Waals surface area (Å²) in [6.45, 7) is 1.98. The van der Waals surface area contributed by atoms with Crippen LogP contribution in [0.5, 0.6) is 0 Å². The van der Waals surface area contributed by atoms with Crippen molar-refractivity contribution >= 4 is 12.0 Å². The molecule has 1 atom stereocenters. The van der Waals surface area contributed by atoms with Crippen molar-refractivity contribution in [2.24, 2.45) is 5.92 Å². The van der Waals surface area contributed by atoms with E-state index in [0.717, 1.165) is 7.05 Å². The Morgan fingerprint density at radius 3 is 2.17 bits per heavy atom. The molecule has 8 heteroatoms. The minimum absolute atomic E-state index is 0.190. The minimum atomic E-state index is -4.48. The van der Waals surface area contributed by atoms with Crippen LogP contribution in [0.1, 0.15) is 20.3 Å². The maximum Gasteiger partial charge on any atom is 0.406 e. The second-order valence-electron chi connectivity index (χ2n) is 4.37. The molecule has 1 unspecified atom stereocenters. The summed E-state index contributed by atoms with van der Waals surface area (Å²) in [4.78, 5) is 22.5. The van der Waals surface area contributed by atoms with Crippen LogP contribution in [-0.4, -0.2) is 47.8 Å². The van der Waals surface area contributed by atoms with Gasteiger partial charge in [-0.2, -0.15) is 13.2 Å². The second kappa shape index (κ2) is 6.46. The first-order chi connectivity index (χ1) is 8.03. The van der Waals surface area contributed by atoms with E-state index < -0.39 is 30.8 Å². The summed E-state index contributed by atoms with van der Waals surface area (Å²) in [6.07, 6.45) is -4.81. The van der Waals surface area contributed by atoms with Crippen molar-refractivity contribution in [1.29, 1.82) is 0 Å². The van der Waals surface area contributed by atoms with Crippen LogP contribution in [0.3, 0.4) is 0 Å².